The molecule has 0 radical (unpaired) electrons. The number of amides is 1. The molecule has 2 heterocycles. The smallest absolute Gasteiger partial charge is 0.317 e. The molecule has 0 aliphatic carbocycles. The topological polar surface area (TPSA) is 59.3 Å². The van der Waals surface area contributed by atoms with E-state index < -0.39 is 0 Å². The Morgan fingerprint density at radius 3 is 2.58 bits per heavy atom. The number of nitrogens with one attached hydrogen (secondary N) is 1. The number of carbonyl (C=O) groups excluding carboxylic acids is 1. The van der Waals surface area contributed by atoms with E-state index in [1.165, 1.54) is 30.2 Å². The van der Waals surface area contributed by atoms with Crippen molar-refractivity contribution in [3.05, 3.63) is 70.7 Å². The van der Waals surface area contributed by atoms with Crippen molar-refractivity contribution in [3.8, 4) is 0 Å². The maximum absolute atomic E-state index is 12.3. The van der Waals surface area contributed by atoms with Gasteiger partial charge in [-0.05, 0) is 44.5 Å². The summed E-state index contributed by atoms with van der Waals surface area (Å²) in [6.45, 7) is 4.65. The molecule has 5 heteroatoms. The van der Waals surface area contributed by atoms with Gasteiger partial charge in [-0.1, -0.05) is 29.8 Å². The van der Waals surface area contributed by atoms with Crippen LogP contribution in [0.5, 0.6) is 0 Å². The number of benzene rings is 1. The van der Waals surface area contributed by atoms with Crippen LogP contribution in [-0.4, -0.2) is 30.4 Å². The summed E-state index contributed by atoms with van der Waals surface area (Å²) in [6, 6.07) is 13.4. The number of aromatic nitrogens is 1. The van der Waals surface area contributed by atoms with E-state index in [0.29, 0.717) is 11.3 Å². The van der Waals surface area contributed by atoms with Gasteiger partial charge < -0.3 is 10.5 Å². The third kappa shape index (κ3) is 3.74. The largest absolute Gasteiger partial charge is 0.618 e. The quantitative estimate of drug-likeness (QED) is 0.677. The molecular weight excluding hydrogens is 302 g/mol. The molecule has 1 saturated heterocycles. The minimum Gasteiger partial charge on any atom is -0.618 e. The first-order valence-electron chi connectivity index (χ1n) is 8.42. The SMILES string of the molecule is Cc1ccc([C@@H](CNC(=O)c2cccc[n+]2[O-])N2CCCC2)cc1. The molecule has 1 aromatic carbocycles. The highest BCUT2D eigenvalue weighted by Gasteiger charge is 2.25. The summed E-state index contributed by atoms with van der Waals surface area (Å²) in [4.78, 5) is 14.7. The zero-order chi connectivity index (χ0) is 16.9. The second-order valence-corrected chi connectivity index (χ2v) is 6.29. The molecule has 0 saturated carbocycles. The third-order valence-electron chi connectivity index (χ3n) is 4.56. The Labute approximate surface area is 142 Å². The lowest BCUT2D eigenvalue weighted by Gasteiger charge is -2.28. The van der Waals surface area contributed by atoms with Gasteiger partial charge in [-0.2, -0.15) is 4.73 Å². The molecule has 5 nitrogen and oxygen atoms in total. The summed E-state index contributed by atoms with van der Waals surface area (Å²) in [6.07, 6.45) is 3.72. The second-order valence-electron chi connectivity index (χ2n) is 6.29. The van der Waals surface area contributed by atoms with Crippen LogP contribution in [0.4, 0.5) is 0 Å². The predicted molar refractivity (Wildman–Crippen MR) is 92.5 cm³/mol. The van der Waals surface area contributed by atoms with Crippen LogP contribution in [0.3, 0.4) is 0 Å². The molecule has 1 aliphatic heterocycles. The molecule has 1 atom stereocenters. The van der Waals surface area contributed by atoms with Gasteiger partial charge in [0.1, 0.15) is 0 Å². The third-order valence-corrected chi connectivity index (χ3v) is 4.56. The number of hydrogen-bond acceptors (Lipinski definition) is 3. The first kappa shape index (κ1) is 16.5. The van der Waals surface area contributed by atoms with Crippen molar-refractivity contribution in [2.24, 2.45) is 0 Å². The van der Waals surface area contributed by atoms with E-state index in [1.54, 1.807) is 18.2 Å². The summed E-state index contributed by atoms with van der Waals surface area (Å²) < 4.78 is 0.603. The standard InChI is InChI=1S/C19H23N3O2/c1-15-7-9-16(10-8-15)18(21-11-4-5-12-21)14-20-19(23)17-6-2-3-13-22(17)24/h2-3,6-10,13,18H,4-5,11-12,14H2,1H3,(H,20,23)/t18-/m1/s1. The van der Waals surface area contributed by atoms with Gasteiger partial charge in [0.15, 0.2) is 6.20 Å². The Morgan fingerprint density at radius 1 is 1.21 bits per heavy atom. The van der Waals surface area contributed by atoms with E-state index in [-0.39, 0.29) is 17.6 Å². The average Bonchev–Trinajstić information content (AvgIpc) is 3.11. The van der Waals surface area contributed by atoms with Crippen molar-refractivity contribution >= 4 is 5.91 Å². The van der Waals surface area contributed by atoms with E-state index >= 15 is 0 Å². The maximum atomic E-state index is 12.3. The molecule has 1 aliphatic rings. The average molecular weight is 325 g/mol. The van der Waals surface area contributed by atoms with Crippen LogP contribution in [0.2, 0.25) is 0 Å². The molecule has 1 amide bonds. The van der Waals surface area contributed by atoms with Gasteiger partial charge in [0.2, 0.25) is 0 Å². The lowest BCUT2D eigenvalue weighted by molar-refractivity contribution is -0.607. The summed E-state index contributed by atoms with van der Waals surface area (Å²) in [7, 11) is 0. The maximum Gasteiger partial charge on any atom is 0.317 e. The van der Waals surface area contributed by atoms with E-state index in [0.717, 1.165) is 13.1 Å². The van der Waals surface area contributed by atoms with Crippen molar-refractivity contribution in [2.75, 3.05) is 19.6 Å². The first-order valence-corrected chi connectivity index (χ1v) is 8.42. The van der Waals surface area contributed by atoms with Crippen LogP contribution < -0.4 is 10.0 Å². The first-order chi connectivity index (χ1) is 11.6. The summed E-state index contributed by atoms with van der Waals surface area (Å²) in [5, 5.41) is 14.6. The molecule has 1 N–H and O–H groups in total. The van der Waals surface area contributed by atoms with E-state index in [2.05, 4.69) is 41.4 Å². The molecule has 126 valence electrons. The van der Waals surface area contributed by atoms with Gasteiger partial charge in [0, 0.05) is 18.7 Å². The van der Waals surface area contributed by atoms with Crippen LogP contribution in [0.1, 0.15) is 40.5 Å². The molecule has 24 heavy (non-hydrogen) atoms. The van der Waals surface area contributed by atoms with E-state index in [9.17, 15) is 10.0 Å². The van der Waals surface area contributed by atoms with Crippen LogP contribution in [0, 0.1) is 12.1 Å². The van der Waals surface area contributed by atoms with Crippen molar-refractivity contribution in [2.45, 2.75) is 25.8 Å². The predicted octanol–water partition coefficient (Wildman–Crippen LogP) is 2.20. The Morgan fingerprint density at radius 2 is 1.92 bits per heavy atom. The van der Waals surface area contributed by atoms with Crippen molar-refractivity contribution in [1.82, 2.24) is 10.2 Å². The van der Waals surface area contributed by atoms with Gasteiger partial charge in [-0.15, -0.1) is 0 Å². The van der Waals surface area contributed by atoms with Gasteiger partial charge in [-0.25, -0.2) is 0 Å². The minimum absolute atomic E-state index is 0.126. The summed E-state index contributed by atoms with van der Waals surface area (Å²) in [5.74, 6) is -0.332. The highest BCUT2D eigenvalue weighted by Crippen LogP contribution is 2.24. The number of carbonyl (C=O) groups is 1. The van der Waals surface area contributed by atoms with E-state index in [1.807, 2.05) is 0 Å². The lowest BCUT2D eigenvalue weighted by Crippen LogP contribution is -2.42. The lowest BCUT2D eigenvalue weighted by atomic mass is 10.0. The molecule has 1 aromatic heterocycles. The zero-order valence-electron chi connectivity index (χ0n) is 13.9. The second kappa shape index (κ2) is 7.45. The molecule has 3 rings (SSSR count). The molecule has 2 aromatic rings. The van der Waals surface area contributed by atoms with Gasteiger partial charge in [-0.3, -0.25) is 9.69 Å². The monoisotopic (exact) mass is 325 g/mol. The van der Waals surface area contributed by atoms with Gasteiger partial charge in [0.25, 0.3) is 5.69 Å². The van der Waals surface area contributed by atoms with Crippen molar-refractivity contribution < 1.29 is 9.52 Å². The fourth-order valence-corrected chi connectivity index (χ4v) is 3.18. The van der Waals surface area contributed by atoms with Crippen LogP contribution in [0.15, 0.2) is 48.7 Å². The number of pyridine rings is 1. The van der Waals surface area contributed by atoms with Crippen LogP contribution in [0.25, 0.3) is 0 Å². The highest BCUT2D eigenvalue weighted by atomic mass is 16.5. The molecule has 0 spiro atoms. The Kier molecular flexibility index (Phi) is 5.11. The molecular formula is C19H23N3O2. The Hall–Kier alpha value is -2.40. The Bertz CT molecular complexity index is 694. The van der Waals surface area contributed by atoms with Gasteiger partial charge >= 0.3 is 5.91 Å². The van der Waals surface area contributed by atoms with E-state index in [4.69, 9.17) is 0 Å². The molecule has 0 unspecified atom stereocenters. The number of rotatable bonds is 5. The van der Waals surface area contributed by atoms with Crippen LogP contribution >= 0.6 is 0 Å². The number of aryl methyl sites for hydroxylation is 1. The molecule has 1 fully saturated rings. The van der Waals surface area contributed by atoms with Crippen molar-refractivity contribution in [3.63, 3.8) is 0 Å². The number of likely N-dealkylation sites (tertiary alicyclic amines) is 1. The minimum atomic E-state index is -0.332. The fraction of sp³-hybridized carbons (Fsp3) is 0.368. The summed E-state index contributed by atoms with van der Waals surface area (Å²) in [5.41, 5.74) is 2.55. The van der Waals surface area contributed by atoms with Gasteiger partial charge in [0.05, 0.1) is 6.04 Å². The zero-order valence-corrected chi connectivity index (χ0v) is 13.9. The number of hydrogen-bond donors (Lipinski definition) is 1. The van der Waals surface area contributed by atoms with Crippen LogP contribution in [-0.2, 0) is 0 Å². The fourth-order valence-electron chi connectivity index (χ4n) is 3.18. The Balaban J connectivity index is 1.73. The normalized spacial score (nSPS) is 16.0. The highest BCUT2D eigenvalue weighted by molar-refractivity contribution is 5.90. The number of nitrogens with zero attached hydrogens (tertiary/aromatic N) is 2. The van der Waals surface area contributed by atoms with Crippen molar-refractivity contribution in [1.29, 1.82) is 0 Å². The summed E-state index contributed by atoms with van der Waals surface area (Å²) >= 11 is 0. The molecule has 0 bridgehead atoms.